The minimum absolute atomic E-state index is 0.246. The zero-order valence-electron chi connectivity index (χ0n) is 18.5. The predicted octanol–water partition coefficient (Wildman–Crippen LogP) is 5.84. The Labute approximate surface area is 199 Å². The van der Waals surface area contributed by atoms with E-state index in [0.29, 0.717) is 36.7 Å². The van der Waals surface area contributed by atoms with E-state index in [1.807, 2.05) is 6.07 Å². The minimum Gasteiger partial charge on any atom is -0.493 e. The van der Waals surface area contributed by atoms with Gasteiger partial charge in [-0.05, 0) is 61.7 Å². The van der Waals surface area contributed by atoms with Gasteiger partial charge in [-0.3, -0.25) is 4.79 Å². The van der Waals surface area contributed by atoms with Gasteiger partial charge in [0.05, 0.1) is 17.1 Å². The second-order valence-electron chi connectivity index (χ2n) is 7.99. The van der Waals surface area contributed by atoms with E-state index >= 15 is 0 Å². The first-order valence-electron chi connectivity index (χ1n) is 11.3. The summed E-state index contributed by atoms with van der Waals surface area (Å²) in [5, 5.41) is 2.85. The molecule has 1 N–H and O–H groups in total. The van der Waals surface area contributed by atoms with Gasteiger partial charge in [-0.15, -0.1) is 0 Å². The monoisotopic (exact) mass is 522 g/mol. The van der Waals surface area contributed by atoms with Gasteiger partial charge in [-0.2, -0.15) is 4.31 Å². The maximum absolute atomic E-state index is 12.9. The fraction of sp³-hybridized carbons (Fsp3) is 0.458. The highest BCUT2D eigenvalue weighted by atomic mass is 79.9. The molecule has 1 aliphatic heterocycles. The zero-order chi connectivity index (χ0) is 23.0. The second kappa shape index (κ2) is 11.8. The van der Waals surface area contributed by atoms with E-state index in [1.54, 1.807) is 36.4 Å². The number of amides is 1. The molecular weight excluding hydrogens is 492 g/mol. The largest absolute Gasteiger partial charge is 0.493 e. The molecular formula is C24H31BrN2O4S. The first-order chi connectivity index (χ1) is 15.4. The molecule has 8 heteroatoms. The molecule has 0 radical (unpaired) electrons. The summed E-state index contributed by atoms with van der Waals surface area (Å²) in [5.41, 5.74) is 0.960. The Morgan fingerprint density at radius 3 is 2.44 bits per heavy atom. The highest BCUT2D eigenvalue weighted by Crippen LogP contribution is 2.26. The number of halogens is 1. The van der Waals surface area contributed by atoms with E-state index in [4.69, 9.17) is 4.74 Å². The number of rotatable bonds is 10. The summed E-state index contributed by atoms with van der Waals surface area (Å²) >= 11 is 3.41. The highest BCUT2D eigenvalue weighted by Gasteiger charge is 2.25. The molecule has 0 bridgehead atoms. The van der Waals surface area contributed by atoms with Crippen molar-refractivity contribution in [3.63, 3.8) is 0 Å². The van der Waals surface area contributed by atoms with E-state index in [1.165, 1.54) is 10.7 Å². The Kier molecular flexibility index (Phi) is 9.13. The first kappa shape index (κ1) is 24.7. The maximum Gasteiger partial charge on any atom is 0.259 e. The van der Waals surface area contributed by atoms with Gasteiger partial charge in [0.2, 0.25) is 10.0 Å². The van der Waals surface area contributed by atoms with Crippen LogP contribution in [0.3, 0.4) is 0 Å². The highest BCUT2D eigenvalue weighted by molar-refractivity contribution is 9.10. The molecule has 0 unspecified atom stereocenters. The Morgan fingerprint density at radius 2 is 1.75 bits per heavy atom. The third-order valence-corrected chi connectivity index (χ3v) is 7.91. The number of nitrogens with one attached hydrogen (secondary N) is 1. The number of piperidine rings is 1. The van der Waals surface area contributed by atoms with Gasteiger partial charge in [-0.1, -0.05) is 48.5 Å². The van der Waals surface area contributed by atoms with Gasteiger partial charge in [0.25, 0.3) is 5.91 Å². The molecule has 1 fully saturated rings. The van der Waals surface area contributed by atoms with Gasteiger partial charge in [0, 0.05) is 23.2 Å². The van der Waals surface area contributed by atoms with Crippen molar-refractivity contribution >= 4 is 37.5 Å². The van der Waals surface area contributed by atoms with Crippen LogP contribution in [0, 0.1) is 0 Å². The number of unbranched alkanes of at least 4 members (excludes halogenated alkanes) is 3. The summed E-state index contributed by atoms with van der Waals surface area (Å²) in [4.78, 5) is 13.2. The molecule has 32 heavy (non-hydrogen) atoms. The molecule has 0 atom stereocenters. The molecule has 0 saturated carbocycles. The van der Waals surface area contributed by atoms with Gasteiger partial charge in [0.15, 0.2) is 0 Å². The zero-order valence-corrected chi connectivity index (χ0v) is 20.9. The first-order valence-corrected chi connectivity index (χ1v) is 13.5. The number of carbonyl (C=O) groups excluding carboxylic acids is 1. The van der Waals surface area contributed by atoms with Crippen LogP contribution in [0.15, 0.2) is 51.8 Å². The van der Waals surface area contributed by atoms with Crippen molar-refractivity contribution in [2.24, 2.45) is 0 Å². The number of hydrogen-bond donors (Lipinski definition) is 1. The van der Waals surface area contributed by atoms with Crippen LogP contribution in [0.2, 0.25) is 0 Å². The number of nitrogens with zero attached hydrogens (tertiary/aromatic N) is 1. The number of anilines is 1. The smallest absolute Gasteiger partial charge is 0.259 e. The Morgan fingerprint density at radius 1 is 1.03 bits per heavy atom. The van der Waals surface area contributed by atoms with Crippen LogP contribution >= 0.6 is 15.9 Å². The van der Waals surface area contributed by atoms with Crippen molar-refractivity contribution in [3.05, 3.63) is 52.5 Å². The molecule has 0 spiro atoms. The summed E-state index contributed by atoms with van der Waals surface area (Å²) in [7, 11) is -3.49. The molecule has 1 amide bonds. The third-order valence-electron chi connectivity index (χ3n) is 5.51. The van der Waals surface area contributed by atoms with E-state index < -0.39 is 10.0 Å². The average Bonchev–Trinajstić information content (AvgIpc) is 2.80. The van der Waals surface area contributed by atoms with Crippen molar-refractivity contribution in [1.29, 1.82) is 0 Å². The van der Waals surface area contributed by atoms with Gasteiger partial charge in [0.1, 0.15) is 5.75 Å². The molecule has 0 aromatic heterocycles. The van der Waals surface area contributed by atoms with E-state index in [-0.39, 0.29) is 10.8 Å². The van der Waals surface area contributed by atoms with Gasteiger partial charge in [-0.25, -0.2) is 8.42 Å². The Hall–Kier alpha value is -1.90. The van der Waals surface area contributed by atoms with Crippen molar-refractivity contribution in [2.45, 2.75) is 56.8 Å². The van der Waals surface area contributed by atoms with Crippen LogP contribution < -0.4 is 10.1 Å². The Bertz CT molecular complexity index is 1000. The van der Waals surface area contributed by atoms with Crippen LogP contribution in [-0.2, 0) is 10.0 Å². The molecule has 6 nitrogen and oxygen atoms in total. The number of sulfonamides is 1. The molecule has 2 aromatic rings. The van der Waals surface area contributed by atoms with Crippen LogP contribution in [0.4, 0.5) is 5.69 Å². The fourth-order valence-corrected chi connectivity index (χ4v) is 5.56. The predicted molar refractivity (Wildman–Crippen MR) is 131 cm³/mol. The van der Waals surface area contributed by atoms with Crippen LogP contribution in [0.1, 0.15) is 62.2 Å². The van der Waals surface area contributed by atoms with Crippen molar-refractivity contribution < 1.29 is 17.9 Å². The molecule has 2 aromatic carbocycles. The standard InChI is InChI=1S/C24H31BrN2O4S/c1-2-3-4-8-17-31-23-14-9-19(25)18-22(23)24(28)26-20-10-12-21(13-11-20)32(29,30)27-15-6-5-7-16-27/h9-14,18H,2-8,15-17H2,1H3,(H,26,28). The number of benzene rings is 2. The summed E-state index contributed by atoms with van der Waals surface area (Å²) in [6.07, 6.45) is 7.22. The summed E-state index contributed by atoms with van der Waals surface area (Å²) in [6.45, 7) is 3.84. The summed E-state index contributed by atoms with van der Waals surface area (Å²) in [5.74, 6) is 0.230. The molecule has 1 heterocycles. The third kappa shape index (κ3) is 6.56. The lowest BCUT2D eigenvalue weighted by Crippen LogP contribution is -2.35. The number of hydrogen-bond acceptors (Lipinski definition) is 4. The average molecular weight is 523 g/mol. The van der Waals surface area contributed by atoms with Crippen LogP contribution in [-0.4, -0.2) is 38.3 Å². The van der Waals surface area contributed by atoms with E-state index in [2.05, 4.69) is 28.2 Å². The maximum atomic E-state index is 12.9. The number of ether oxygens (including phenoxy) is 1. The minimum atomic E-state index is -3.49. The van der Waals surface area contributed by atoms with Gasteiger partial charge >= 0.3 is 0 Å². The molecule has 3 rings (SSSR count). The van der Waals surface area contributed by atoms with Crippen molar-refractivity contribution in [1.82, 2.24) is 4.31 Å². The topological polar surface area (TPSA) is 75.7 Å². The quantitative estimate of drug-likeness (QED) is 0.398. The Balaban J connectivity index is 1.67. The summed E-state index contributed by atoms with van der Waals surface area (Å²) < 4.78 is 33.8. The van der Waals surface area contributed by atoms with E-state index in [9.17, 15) is 13.2 Å². The van der Waals surface area contributed by atoms with Crippen LogP contribution in [0.25, 0.3) is 0 Å². The SMILES string of the molecule is CCCCCCOc1ccc(Br)cc1C(=O)Nc1ccc(S(=O)(=O)N2CCCCC2)cc1. The second-order valence-corrected chi connectivity index (χ2v) is 10.8. The van der Waals surface area contributed by atoms with Crippen LogP contribution in [0.5, 0.6) is 5.75 Å². The molecule has 1 saturated heterocycles. The normalized spacial score (nSPS) is 14.8. The molecule has 174 valence electrons. The van der Waals surface area contributed by atoms with E-state index in [0.717, 1.165) is 43.0 Å². The molecule has 1 aliphatic rings. The lowest BCUT2D eigenvalue weighted by Gasteiger charge is -2.25. The van der Waals surface area contributed by atoms with Crippen molar-refractivity contribution in [2.75, 3.05) is 25.0 Å². The fourth-order valence-electron chi connectivity index (χ4n) is 3.68. The lowest BCUT2D eigenvalue weighted by atomic mass is 10.1. The lowest BCUT2D eigenvalue weighted by molar-refractivity contribution is 0.102. The number of carbonyl (C=O) groups is 1. The van der Waals surface area contributed by atoms with Gasteiger partial charge < -0.3 is 10.1 Å². The van der Waals surface area contributed by atoms with Crippen molar-refractivity contribution in [3.8, 4) is 5.75 Å². The summed E-state index contributed by atoms with van der Waals surface area (Å²) in [6, 6.07) is 11.7. The molecule has 0 aliphatic carbocycles.